The van der Waals surface area contributed by atoms with Crippen LogP contribution in [0.5, 0.6) is 0 Å². The third kappa shape index (κ3) is 5.42. The number of nitrogens with one attached hydrogen (secondary N) is 1. The number of pyridine rings is 1. The fourth-order valence-corrected chi connectivity index (χ4v) is 3.10. The van der Waals surface area contributed by atoms with Gasteiger partial charge in [0.05, 0.1) is 6.42 Å². The van der Waals surface area contributed by atoms with Crippen LogP contribution in [0.4, 0.5) is 4.39 Å². The summed E-state index contributed by atoms with van der Waals surface area (Å²) < 4.78 is 13.9. The Kier molecular flexibility index (Phi) is 6.35. The molecule has 27 heavy (non-hydrogen) atoms. The third-order valence-corrected chi connectivity index (χ3v) is 4.36. The first-order chi connectivity index (χ1) is 12.7. The number of amides is 1. The molecule has 2 heterocycles. The molecule has 8 nitrogen and oxygen atoms in total. The minimum atomic E-state index is -0.998. The van der Waals surface area contributed by atoms with Crippen LogP contribution in [0.3, 0.4) is 0 Å². The average molecular weight is 389 g/mol. The topological polar surface area (TPSA) is 132 Å². The first-order valence-corrected chi connectivity index (χ1v) is 8.70. The highest BCUT2D eigenvalue weighted by molar-refractivity contribution is 7.13. The van der Waals surface area contributed by atoms with Gasteiger partial charge in [0.2, 0.25) is 11.9 Å². The van der Waals surface area contributed by atoms with E-state index in [-0.39, 0.29) is 18.1 Å². The Morgan fingerprint density at radius 2 is 2.19 bits per heavy atom. The number of aromatic nitrogens is 2. The molecule has 0 aliphatic rings. The Hall–Kier alpha value is -3.14. The van der Waals surface area contributed by atoms with Gasteiger partial charge in [-0.2, -0.15) is 5.10 Å². The minimum Gasteiger partial charge on any atom is -0.369 e. The van der Waals surface area contributed by atoms with Crippen molar-refractivity contribution >= 4 is 28.9 Å². The highest BCUT2D eigenvalue weighted by Crippen LogP contribution is 2.24. The monoisotopic (exact) mass is 389 g/mol. The van der Waals surface area contributed by atoms with E-state index in [4.69, 9.17) is 11.5 Å². The quantitative estimate of drug-likeness (QED) is 0.374. The molecule has 0 saturated heterocycles. The first-order valence-electron chi connectivity index (χ1n) is 7.88. The van der Waals surface area contributed by atoms with E-state index < -0.39 is 17.3 Å². The van der Waals surface area contributed by atoms with Crippen LogP contribution in [0.2, 0.25) is 0 Å². The van der Waals surface area contributed by atoms with Gasteiger partial charge in [0.25, 0.3) is 0 Å². The molecule has 2 aromatic rings. The summed E-state index contributed by atoms with van der Waals surface area (Å²) in [6, 6.07) is 2.81. The van der Waals surface area contributed by atoms with Crippen LogP contribution in [0, 0.1) is 5.82 Å². The molecule has 142 valence electrons. The van der Waals surface area contributed by atoms with E-state index in [2.05, 4.69) is 32.1 Å². The number of aliphatic imine (C=N–C) groups is 1. The van der Waals surface area contributed by atoms with Gasteiger partial charge >= 0.3 is 0 Å². The average Bonchev–Trinajstić information content (AvgIpc) is 3.02. The standard InChI is InChI=1S/C17H20FN7OS/c1-4-12(15-22-9-10(27-15)8-13(19)26)24-25-16(20)23-17(2,3)14-11(18)6-5-7-21-14/h4-7,9H,1,8H2,2-3H3,(H2,19,26)(H3,20,23,25)/b24-12+. The number of carbonyl (C=O) groups excluding carboxylic acids is 1. The number of halogens is 1. The van der Waals surface area contributed by atoms with Gasteiger partial charge in [-0.25, -0.2) is 19.8 Å². The molecule has 0 bridgehead atoms. The minimum absolute atomic E-state index is 0.0293. The summed E-state index contributed by atoms with van der Waals surface area (Å²) >= 11 is 1.26. The number of guanidine groups is 1. The summed E-state index contributed by atoms with van der Waals surface area (Å²) in [6.45, 7) is 7.05. The van der Waals surface area contributed by atoms with E-state index in [1.807, 2.05) is 0 Å². The highest BCUT2D eigenvalue weighted by Gasteiger charge is 2.25. The Labute approximate surface area is 159 Å². The summed E-state index contributed by atoms with van der Waals surface area (Å²) in [6.07, 6.45) is 4.62. The van der Waals surface area contributed by atoms with E-state index in [0.717, 1.165) is 0 Å². The van der Waals surface area contributed by atoms with Crippen molar-refractivity contribution < 1.29 is 9.18 Å². The lowest BCUT2D eigenvalue weighted by atomic mass is 10.0. The number of hydrazone groups is 1. The maximum atomic E-state index is 13.9. The van der Waals surface area contributed by atoms with E-state index in [9.17, 15) is 9.18 Å². The molecule has 10 heteroatoms. The van der Waals surface area contributed by atoms with Gasteiger partial charge in [-0.15, -0.1) is 11.3 Å². The number of nitrogens with two attached hydrogens (primary N) is 2. The highest BCUT2D eigenvalue weighted by atomic mass is 32.1. The van der Waals surface area contributed by atoms with Crippen molar-refractivity contribution in [1.82, 2.24) is 15.4 Å². The fraction of sp³-hybridized carbons (Fsp3) is 0.235. The van der Waals surface area contributed by atoms with Crippen LogP contribution in [0.1, 0.15) is 29.4 Å². The van der Waals surface area contributed by atoms with Crippen LogP contribution in [-0.4, -0.2) is 27.5 Å². The zero-order valence-corrected chi connectivity index (χ0v) is 15.8. The molecule has 0 radical (unpaired) electrons. The van der Waals surface area contributed by atoms with Gasteiger partial charge in [0.1, 0.15) is 27.8 Å². The Morgan fingerprint density at radius 1 is 1.44 bits per heavy atom. The number of thiazole rings is 1. The third-order valence-electron chi connectivity index (χ3n) is 3.34. The molecule has 0 unspecified atom stereocenters. The van der Waals surface area contributed by atoms with Crippen molar-refractivity contribution in [2.24, 2.45) is 21.6 Å². The molecule has 0 aliphatic heterocycles. The van der Waals surface area contributed by atoms with Gasteiger partial charge < -0.3 is 11.5 Å². The molecule has 0 aliphatic carbocycles. The van der Waals surface area contributed by atoms with Crippen molar-refractivity contribution in [3.8, 4) is 0 Å². The van der Waals surface area contributed by atoms with Crippen LogP contribution in [0.15, 0.2) is 47.3 Å². The van der Waals surface area contributed by atoms with Gasteiger partial charge in [0.15, 0.2) is 0 Å². The Bertz CT molecular complexity index is 904. The van der Waals surface area contributed by atoms with Crippen molar-refractivity contribution in [1.29, 1.82) is 0 Å². The predicted octanol–water partition coefficient (Wildman–Crippen LogP) is 1.43. The van der Waals surface area contributed by atoms with E-state index in [1.165, 1.54) is 35.7 Å². The number of allylic oxidation sites excluding steroid dienone is 1. The molecule has 0 fully saturated rings. The fourth-order valence-electron chi connectivity index (χ4n) is 2.19. The second kappa shape index (κ2) is 8.49. The van der Waals surface area contributed by atoms with Crippen LogP contribution < -0.4 is 16.9 Å². The van der Waals surface area contributed by atoms with E-state index in [1.54, 1.807) is 20.0 Å². The number of rotatable bonds is 7. The molecular formula is C17H20FN7OS. The normalized spacial score (nSPS) is 12.7. The number of nitrogens with zero attached hydrogens (tertiary/aromatic N) is 4. The van der Waals surface area contributed by atoms with Crippen molar-refractivity contribution in [3.63, 3.8) is 0 Å². The lowest BCUT2D eigenvalue weighted by Crippen LogP contribution is -2.32. The van der Waals surface area contributed by atoms with Gasteiger partial charge in [-0.3, -0.25) is 9.78 Å². The zero-order chi connectivity index (χ0) is 20.0. The smallest absolute Gasteiger partial charge is 0.222 e. The number of carbonyl (C=O) groups is 1. The van der Waals surface area contributed by atoms with Crippen molar-refractivity contribution in [3.05, 3.63) is 58.6 Å². The van der Waals surface area contributed by atoms with Crippen molar-refractivity contribution in [2.45, 2.75) is 25.8 Å². The van der Waals surface area contributed by atoms with E-state index >= 15 is 0 Å². The molecule has 1 amide bonds. The molecule has 0 spiro atoms. The number of primary amides is 1. The van der Waals surface area contributed by atoms with Crippen LogP contribution >= 0.6 is 11.3 Å². The summed E-state index contributed by atoms with van der Waals surface area (Å²) in [5, 5.41) is 4.65. The van der Waals surface area contributed by atoms with Gasteiger partial charge in [0, 0.05) is 17.3 Å². The Morgan fingerprint density at radius 3 is 2.81 bits per heavy atom. The molecule has 2 rings (SSSR count). The lowest BCUT2D eigenvalue weighted by Gasteiger charge is -2.20. The van der Waals surface area contributed by atoms with Crippen LogP contribution in [0.25, 0.3) is 0 Å². The first kappa shape index (κ1) is 20.2. The summed E-state index contributed by atoms with van der Waals surface area (Å²) in [4.78, 5) is 24.1. The van der Waals surface area contributed by atoms with Crippen molar-refractivity contribution in [2.75, 3.05) is 0 Å². The largest absolute Gasteiger partial charge is 0.369 e. The molecule has 0 saturated carbocycles. The van der Waals surface area contributed by atoms with Gasteiger partial charge in [-0.05, 0) is 32.1 Å². The lowest BCUT2D eigenvalue weighted by molar-refractivity contribution is -0.117. The van der Waals surface area contributed by atoms with E-state index in [0.29, 0.717) is 15.6 Å². The summed E-state index contributed by atoms with van der Waals surface area (Å²) in [7, 11) is 0. The zero-order valence-electron chi connectivity index (χ0n) is 14.9. The molecule has 5 N–H and O–H groups in total. The summed E-state index contributed by atoms with van der Waals surface area (Å²) in [5.74, 6) is -0.946. The SMILES string of the molecule is C=C/C(=N\NC(N)=NC(C)(C)c1ncccc1F)c1ncc(CC(N)=O)s1. The van der Waals surface area contributed by atoms with Crippen LogP contribution in [-0.2, 0) is 16.8 Å². The summed E-state index contributed by atoms with van der Waals surface area (Å²) in [5.41, 5.74) is 13.2. The number of hydrogen-bond donors (Lipinski definition) is 3. The second-order valence-electron chi connectivity index (χ2n) is 5.98. The Balaban J connectivity index is 2.17. The molecule has 0 atom stereocenters. The van der Waals surface area contributed by atoms with Gasteiger partial charge in [-0.1, -0.05) is 6.58 Å². The molecule has 0 aromatic carbocycles. The maximum Gasteiger partial charge on any atom is 0.222 e. The predicted molar refractivity (Wildman–Crippen MR) is 104 cm³/mol. The molecule has 2 aromatic heterocycles. The second-order valence-corrected chi connectivity index (χ2v) is 7.09. The maximum absolute atomic E-state index is 13.9. The molecular weight excluding hydrogens is 369 g/mol. The number of hydrogen-bond acceptors (Lipinski definition) is 6.